The molecule has 0 aliphatic carbocycles. The maximum absolute atomic E-state index is 11.9. The average Bonchev–Trinajstić information content (AvgIpc) is 2.53. The molecule has 1 heterocycles. The number of alkyl halides is 3. The van der Waals surface area contributed by atoms with Gasteiger partial charge in [-0.2, -0.15) is 5.10 Å². The molecule has 14 heavy (non-hydrogen) atoms. The molecule has 80 valence electrons. The third-order valence-corrected chi connectivity index (χ3v) is 1.50. The molecule has 0 fully saturated rings. The molecule has 0 atom stereocenters. The number of rotatable bonds is 6. The van der Waals surface area contributed by atoms with E-state index in [1.807, 2.05) is 0 Å². The minimum absolute atomic E-state index is 0.0314. The standard InChI is InChI=1S/C8H11F3N2O/c9-2-4-13-3-1-7(12-13)5-14-6-8(10)11/h1,3,8H,2,4-6H2. The largest absolute Gasteiger partial charge is 0.369 e. The Balaban J connectivity index is 2.28. The first kappa shape index (κ1) is 11.0. The van der Waals surface area contributed by atoms with E-state index in [4.69, 9.17) is 0 Å². The number of halogens is 3. The lowest BCUT2D eigenvalue weighted by Gasteiger charge is -2.00. The quantitative estimate of drug-likeness (QED) is 0.710. The second-order valence-corrected chi connectivity index (χ2v) is 2.67. The summed E-state index contributed by atoms with van der Waals surface area (Å²) in [6, 6.07) is 1.61. The van der Waals surface area contributed by atoms with Gasteiger partial charge in [-0.05, 0) is 6.07 Å². The molecule has 6 heteroatoms. The molecule has 0 radical (unpaired) electrons. The van der Waals surface area contributed by atoms with Gasteiger partial charge >= 0.3 is 0 Å². The summed E-state index contributed by atoms with van der Waals surface area (Å²) in [4.78, 5) is 0. The van der Waals surface area contributed by atoms with Crippen LogP contribution < -0.4 is 0 Å². The Labute approximate surface area is 79.5 Å². The van der Waals surface area contributed by atoms with Gasteiger partial charge in [-0.25, -0.2) is 13.2 Å². The topological polar surface area (TPSA) is 27.1 Å². The number of aryl methyl sites for hydroxylation is 1. The van der Waals surface area contributed by atoms with Crippen LogP contribution in [0.25, 0.3) is 0 Å². The second-order valence-electron chi connectivity index (χ2n) is 2.67. The lowest BCUT2D eigenvalue weighted by molar-refractivity contribution is 0.00867. The van der Waals surface area contributed by atoms with Gasteiger partial charge in [0.25, 0.3) is 6.43 Å². The van der Waals surface area contributed by atoms with E-state index in [2.05, 4.69) is 9.84 Å². The van der Waals surface area contributed by atoms with Crippen molar-refractivity contribution < 1.29 is 17.9 Å². The SMILES string of the molecule is FCCn1ccc(COCC(F)F)n1. The summed E-state index contributed by atoms with van der Waals surface area (Å²) in [6.07, 6.45) is -0.886. The van der Waals surface area contributed by atoms with E-state index in [0.29, 0.717) is 5.69 Å². The van der Waals surface area contributed by atoms with Gasteiger partial charge in [0.05, 0.1) is 18.8 Å². The summed E-state index contributed by atoms with van der Waals surface area (Å²) < 4.78 is 41.2. The van der Waals surface area contributed by atoms with Gasteiger partial charge in [-0.1, -0.05) is 0 Å². The monoisotopic (exact) mass is 208 g/mol. The lowest BCUT2D eigenvalue weighted by Crippen LogP contribution is -2.05. The highest BCUT2D eigenvalue weighted by Gasteiger charge is 2.03. The molecule has 1 rings (SSSR count). The first-order valence-electron chi connectivity index (χ1n) is 4.16. The Morgan fingerprint density at radius 2 is 2.29 bits per heavy atom. The van der Waals surface area contributed by atoms with Crippen LogP contribution in [0, 0.1) is 0 Å². The Morgan fingerprint density at radius 3 is 2.93 bits per heavy atom. The minimum Gasteiger partial charge on any atom is -0.369 e. The molecule has 0 saturated carbocycles. The average molecular weight is 208 g/mol. The van der Waals surface area contributed by atoms with Crippen molar-refractivity contribution in [3.63, 3.8) is 0 Å². The molecule has 0 N–H and O–H groups in total. The summed E-state index contributed by atoms with van der Waals surface area (Å²) >= 11 is 0. The zero-order valence-corrected chi connectivity index (χ0v) is 7.50. The Hall–Kier alpha value is -1.04. The first-order chi connectivity index (χ1) is 6.72. The summed E-state index contributed by atoms with van der Waals surface area (Å²) in [5.41, 5.74) is 0.527. The number of hydrogen-bond acceptors (Lipinski definition) is 2. The predicted molar refractivity (Wildman–Crippen MR) is 43.9 cm³/mol. The highest BCUT2D eigenvalue weighted by molar-refractivity contribution is 4.96. The molecule has 0 amide bonds. The summed E-state index contributed by atoms with van der Waals surface area (Å²) in [5, 5.41) is 3.90. The number of nitrogens with zero attached hydrogens (tertiary/aromatic N) is 2. The maximum atomic E-state index is 11.9. The first-order valence-corrected chi connectivity index (χ1v) is 4.16. The fourth-order valence-corrected chi connectivity index (χ4v) is 0.944. The Kier molecular flexibility index (Phi) is 4.45. The molecule has 0 saturated heterocycles. The minimum atomic E-state index is -2.47. The van der Waals surface area contributed by atoms with Crippen LogP contribution in [0.1, 0.15) is 5.69 Å². The molecule has 0 bridgehead atoms. The van der Waals surface area contributed by atoms with Crippen molar-refractivity contribution in [2.45, 2.75) is 19.6 Å². The molecule has 0 aromatic carbocycles. The van der Waals surface area contributed by atoms with Crippen LogP contribution in [0.2, 0.25) is 0 Å². The zero-order chi connectivity index (χ0) is 10.4. The van der Waals surface area contributed by atoms with Crippen molar-refractivity contribution >= 4 is 0 Å². The third kappa shape index (κ3) is 3.78. The second kappa shape index (κ2) is 5.64. The van der Waals surface area contributed by atoms with Crippen LogP contribution in [0.4, 0.5) is 13.2 Å². The molecule has 1 aromatic rings. The van der Waals surface area contributed by atoms with Crippen LogP contribution in [0.3, 0.4) is 0 Å². The Morgan fingerprint density at radius 1 is 1.50 bits per heavy atom. The van der Waals surface area contributed by atoms with Crippen LogP contribution in [0.15, 0.2) is 12.3 Å². The lowest BCUT2D eigenvalue weighted by atomic mass is 10.5. The molecule has 0 unspecified atom stereocenters. The molecule has 3 nitrogen and oxygen atoms in total. The van der Waals surface area contributed by atoms with E-state index in [1.165, 1.54) is 4.68 Å². The Bertz CT molecular complexity index is 265. The van der Waals surface area contributed by atoms with E-state index < -0.39 is 19.7 Å². The van der Waals surface area contributed by atoms with Gasteiger partial charge in [0, 0.05) is 6.20 Å². The molecule has 0 spiro atoms. The molecule has 0 aliphatic heterocycles. The number of hydrogen-bond donors (Lipinski definition) is 0. The molecule has 1 aromatic heterocycles. The van der Waals surface area contributed by atoms with Crippen molar-refractivity contribution in [3.05, 3.63) is 18.0 Å². The van der Waals surface area contributed by atoms with Crippen LogP contribution in [-0.2, 0) is 17.9 Å². The summed E-state index contributed by atoms with van der Waals surface area (Å²) in [7, 11) is 0. The van der Waals surface area contributed by atoms with E-state index in [1.54, 1.807) is 12.3 Å². The van der Waals surface area contributed by atoms with Gasteiger partial charge in [-0.3, -0.25) is 4.68 Å². The van der Waals surface area contributed by atoms with E-state index >= 15 is 0 Å². The predicted octanol–water partition coefficient (Wildman–Crippen LogP) is 1.63. The van der Waals surface area contributed by atoms with E-state index in [9.17, 15) is 13.2 Å². The van der Waals surface area contributed by atoms with E-state index in [-0.39, 0.29) is 13.2 Å². The highest BCUT2D eigenvalue weighted by atomic mass is 19.3. The fourth-order valence-electron chi connectivity index (χ4n) is 0.944. The molecular formula is C8H11F3N2O. The van der Waals surface area contributed by atoms with Gasteiger partial charge in [0.1, 0.15) is 13.3 Å². The van der Waals surface area contributed by atoms with Crippen molar-refractivity contribution in [1.82, 2.24) is 9.78 Å². The highest BCUT2D eigenvalue weighted by Crippen LogP contribution is 2.00. The number of aromatic nitrogens is 2. The summed E-state index contributed by atoms with van der Waals surface area (Å²) in [5.74, 6) is 0. The van der Waals surface area contributed by atoms with Gasteiger partial charge in [-0.15, -0.1) is 0 Å². The van der Waals surface area contributed by atoms with Crippen LogP contribution in [-0.4, -0.2) is 29.5 Å². The van der Waals surface area contributed by atoms with Crippen molar-refractivity contribution in [2.75, 3.05) is 13.3 Å². The zero-order valence-electron chi connectivity index (χ0n) is 7.50. The third-order valence-electron chi connectivity index (χ3n) is 1.50. The van der Waals surface area contributed by atoms with Gasteiger partial charge in [0.2, 0.25) is 0 Å². The normalized spacial score (nSPS) is 11.1. The van der Waals surface area contributed by atoms with Gasteiger partial charge < -0.3 is 4.74 Å². The maximum Gasteiger partial charge on any atom is 0.261 e. The van der Waals surface area contributed by atoms with Crippen molar-refractivity contribution in [1.29, 1.82) is 0 Å². The van der Waals surface area contributed by atoms with Gasteiger partial charge in [0.15, 0.2) is 0 Å². The smallest absolute Gasteiger partial charge is 0.261 e. The van der Waals surface area contributed by atoms with Crippen molar-refractivity contribution in [3.8, 4) is 0 Å². The van der Waals surface area contributed by atoms with Crippen molar-refractivity contribution in [2.24, 2.45) is 0 Å². The number of ether oxygens (including phenoxy) is 1. The van der Waals surface area contributed by atoms with Crippen LogP contribution in [0.5, 0.6) is 0 Å². The fraction of sp³-hybridized carbons (Fsp3) is 0.625. The van der Waals surface area contributed by atoms with Crippen LogP contribution >= 0.6 is 0 Å². The van der Waals surface area contributed by atoms with E-state index in [0.717, 1.165) is 0 Å². The molecule has 0 aliphatic rings. The summed E-state index contributed by atoms with van der Waals surface area (Å²) in [6.45, 7) is -0.895. The molecular weight excluding hydrogens is 197 g/mol.